The quantitative estimate of drug-likeness (QED) is 0.261. The third-order valence-electron chi connectivity index (χ3n) is 6.10. The predicted molar refractivity (Wildman–Crippen MR) is 142 cm³/mol. The number of hydrogen-bond donors (Lipinski definition) is 4. The molecule has 0 radical (unpaired) electrons. The standard InChI is InChI=1S/C25H35N5O6S/c1-4-5-13-36-25(32)29-20-12-7-6-11-19(20)28-21-15-18(26)22(24(31)35-2)23(30-21)27-16-9-8-10-17(14-16)37(3,33)34/h8-10,14-15,19-20H,4-7,11-13H2,1-3H3,(H,29,32)(H4,26,27,28,30)/t19-,20+/m1/s1. The van der Waals surface area contributed by atoms with Crippen LogP contribution in [0.5, 0.6) is 0 Å². The summed E-state index contributed by atoms with van der Waals surface area (Å²) in [6, 6.07) is 7.39. The summed E-state index contributed by atoms with van der Waals surface area (Å²) in [6.45, 7) is 2.40. The molecule has 1 heterocycles. The topological polar surface area (TPSA) is 162 Å². The molecule has 37 heavy (non-hydrogen) atoms. The van der Waals surface area contributed by atoms with Gasteiger partial charge >= 0.3 is 12.1 Å². The summed E-state index contributed by atoms with van der Waals surface area (Å²) in [4.78, 5) is 29.4. The van der Waals surface area contributed by atoms with Gasteiger partial charge in [0.1, 0.15) is 17.2 Å². The molecule has 0 saturated heterocycles. The molecule has 0 aliphatic heterocycles. The van der Waals surface area contributed by atoms with Crippen LogP contribution in [0.15, 0.2) is 35.2 Å². The molecular weight excluding hydrogens is 498 g/mol. The zero-order valence-corrected chi connectivity index (χ0v) is 22.2. The molecular formula is C25H35N5O6S. The maximum Gasteiger partial charge on any atom is 0.407 e. The molecule has 2 aromatic rings. The molecule has 1 aliphatic carbocycles. The van der Waals surface area contributed by atoms with Crippen LogP contribution in [0.4, 0.5) is 27.8 Å². The van der Waals surface area contributed by atoms with E-state index in [1.807, 2.05) is 6.92 Å². The molecule has 11 nitrogen and oxygen atoms in total. The Labute approximate surface area is 217 Å². The molecule has 12 heteroatoms. The number of ether oxygens (including phenoxy) is 2. The van der Waals surface area contributed by atoms with Gasteiger partial charge in [-0.3, -0.25) is 0 Å². The van der Waals surface area contributed by atoms with Gasteiger partial charge in [0, 0.05) is 24.1 Å². The molecule has 1 aliphatic rings. The van der Waals surface area contributed by atoms with Gasteiger partial charge in [-0.05, 0) is 37.5 Å². The Balaban J connectivity index is 1.86. The van der Waals surface area contributed by atoms with Crippen molar-refractivity contribution in [1.29, 1.82) is 0 Å². The number of sulfone groups is 1. The van der Waals surface area contributed by atoms with Crippen molar-refractivity contribution in [3.63, 3.8) is 0 Å². The first-order valence-corrected chi connectivity index (χ1v) is 14.2. The number of rotatable bonds is 10. The minimum atomic E-state index is -3.44. The van der Waals surface area contributed by atoms with Crippen LogP contribution in [0.1, 0.15) is 55.8 Å². The fourth-order valence-corrected chi connectivity index (χ4v) is 4.82. The lowest BCUT2D eigenvalue weighted by Crippen LogP contribution is -2.48. The molecule has 202 valence electrons. The number of nitrogens with two attached hydrogens (primary N) is 1. The van der Waals surface area contributed by atoms with Gasteiger partial charge in [-0.1, -0.05) is 32.3 Å². The number of methoxy groups -OCH3 is 1. The minimum Gasteiger partial charge on any atom is -0.465 e. The Bertz CT molecular complexity index is 1220. The molecule has 3 rings (SSSR count). The molecule has 1 amide bonds. The fraction of sp³-hybridized carbons (Fsp3) is 0.480. The maximum absolute atomic E-state index is 12.5. The number of nitrogens with one attached hydrogen (secondary N) is 3. The van der Waals surface area contributed by atoms with Crippen LogP contribution in [-0.4, -0.2) is 57.5 Å². The summed E-state index contributed by atoms with van der Waals surface area (Å²) in [5.41, 5.74) is 6.79. The lowest BCUT2D eigenvalue weighted by Gasteiger charge is -2.33. The van der Waals surface area contributed by atoms with Crippen LogP contribution in [0.2, 0.25) is 0 Å². The van der Waals surface area contributed by atoms with Gasteiger partial charge in [0.15, 0.2) is 9.84 Å². The first-order valence-electron chi connectivity index (χ1n) is 12.3. The number of alkyl carbamates (subject to hydrolysis) is 1. The van der Waals surface area contributed by atoms with Gasteiger partial charge in [-0.2, -0.15) is 0 Å². The van der Waals surface area contributed by atoms with Crippen molar-refractivity contribution in [1.82, 2.24) is 10.3 Å². The summed E-state index contributed by atoms with van der Waals surface area (Å²) in [5.74, 6) is -0.186. The highest BCUT2D eigenvalue weighted by molar-refractivity contribution is 7.90. The average molecular weight is 534 g/mol. The molecule has 1 aromatic heterocycles. The Morgan fingerprint density at radius 1 is 1.16 bits per heavy atom. The van der Waals surface area contributed by atoms with Gasteiger partial charge < -0.3 is 31.2 Å². The normalized spacial score (nSPS) is 17.5. The summed E-state index contributed by atoms with van der Waals surface area (Å²) < 4.78 is 34.1. The summed E-state index contributed by atoms with van der Waals surface area (Å²) in [5, 5.41) is 9.29. The van der Waals surface area contributed by atoms with Crippen LogP contribution >= 0.6 is 0 Å². The molecule has 1 fully saturated rings. The number of hydrogen-bond acceptors (Lipinski definition) is 10. The van der Waals surface area contributed by atoms with Crippen LogP contribution in [-0.2, 0) is 19.3 Å². The second-order valence-corrected chi connectivity index (χ2v) is 11.0. The number of benzene rings is 1. The summed E-state index contributed by atoms with van der Waals surface area (Å²) in [7, 11) is -2.21. The number of unbranched alkanes of at least 4 members (excludes halogenated alkanes) is 1. The first-order chi connectivity index (χ1) is 17.6. The van der Waals surface area contributed by atoms with E-state index in [2.05, 4.69) is 20.9 Å². The van der Waals surface area contributed by atoms with Crippen molar-refractivity contribution in [2.45, 2.75) is 62.4 Å². The minimum absolute atomic E-state index is 0.0237. The predicted octanol–water partition coefficient (Wildman–Crippen LogP) is 3.85. The van der Waals surface area contributed by atoms with Crippen LogP contribution in [0, 0.1) is 0 Å². The van der Waals surface area contributed by atoms with Crippen molar-refractivity contribution in [2.75, 3.05) is 36.3 Å². The number of nitrogen functional groups attached to an aromatic ring is 1. The zero-order valence-electron chi connectivity index (χ0n) is 21.4. The third kappa shape index (κ3) is 7.72. The van der Waals surface area contributed by atoms with E-state index < -0.39 is 21.9 Å². The maximum atomic E-state index is 12.5. The molecule has 2 atom stereocenters. The highest BCUT2D eigenvalue weighted by Gasteiger charge is 2.28. The number of pyridine rings is 1. The van der Waals surface area contributed by atoms with Crippen LogP contribution in [0.3, 0.4) is 0 Å². The summed E-state index contributed by atoms with van der Waals surface area (Å²) >= 11 is 0. The molecule has 1 aromatic carbocycles. The average Bonchev–Trinajstić information content (AvgIpc) is 2.84. The van der Waals surface area contributed by atoms with E-state index in [0.717, 1.165) is 44.8 Å². The highest BCUT2D eigenvalue weighted by Crippen LogP contribution is 2.30. The van der Waals surface area contributed by atoms with Gasteiger partial charge in [-0.25, -0.2) is 23.0 Å². The fourth-order valence-electron chi connectivity index (χ4n) is 4.16. The van der Waals surface area contributed by atoms with Crippen molar-refractivity contribution < 1.29 is 27.5 Å². The van der Waals surface area contributed by atoms with Crippen molar-refractivity contribution in [3.05, 3.63) is 35.9 Å². The Kier molecular flexibility index (Phi) is 9.56. The lowest BCUT2D eigenvalue weighted by atomic mass is 9.90. The first kappa shape index (κ1) is 28.0. The number of anilines is 4. The third-order valence-corrected chi connectivity index (χ3v) is 7.21. The number of carbonyl (C=O) groups excluding carboxylic acids is 2. The number of amides is 1. The number of aromatic nitrogens is 1. The monoisotopic (exact) mass is 533 g/mol. The smallest absolute Gasteiger partial charge is 0.407 e. The van der Waals surface area contributed by atoms with E-state index in [9.17, 15) is 18.0 Å². The van der Waals surface area contributed by atoms with Crippen molar-refractivity contribution in [3.8, 4) is 0 Å². The Morgan fingerprint density at radius 2 is 1.89 bits per heavy atom. The van der Waals surface area contributed by atoms with E-state index in [0.29, 0.717) is 18.1 Å². The largest absolute Gasteiger partial charge is 0.465 e. The number of esters is 1. The molecule has 5 N–H and O–H groups in total. The zero-order chi connectivity index (χ0) is 27.0. The molecule has 0 spiro atoms. The van der Waals surface area contributed by atoms with Crippen molar-refractivity contribution >= 4 is 44.9 Å². The number of carbonyl (C=O) groups is 2. The Morgan fingerprint density at radius 3 is 2.57 bits per heavy atom. The molecule has 0 bridgehead atoms. The highest BCUT2D eigenvalue weighted by atomic mass is 32.2. The van der Waals surface area contributed by atoms with Gasteiger partial charge in [-0.15, -0.1) is 0 Å². The summed E-state index contributed by atoms with van der Waals surface area (Å²) in [6.07, 6.45) is 5.91. The molecule has 0 unspecified atom stereocenters. The van der Waals surface area contributed by atoms with Gasteiger partial charge in [0.05, 0.1) is 30.3 Å². The van der Waals surface area contributed by atoms with Crippen LogP contribution < -0.4 is 21.7 Å². The van der Waals surface area contributed by atoms with E-state index in [1.165, 1.54) is 25.3 Å². The van der Waals surface area contributed by atoms with E-state index >= 15 is 0 Å². The Hall–Kier alpha value is -3.54. The number of nitrogens with zero attached hydrogens (tertiary/aromatic N) is 1. The van der Waals surface area contributed by atoms with E-state index in [4.69, 9.17) is 15.2 Å². The lowest BCUT2D eigenvalue weighted by molar-refractivity contribution is 0.0602. The van der Waals surface area contributed by atoms with Gasteiger partial charge in [0.25, 0.3) is 0 Å². The van der Waals surface area contributed by atoms with Crippen molar-refractivity contribution in [2.24, 2.45) is 0 Å². The van der Waals surface area contributed by atoms with Crippen LogP contribution in [0.25, 0.3) is 0 Å². The van der Waals surface area contributed by atoms with E-state index in [1.54, 1.807) is 12.1 Å². The SMILES string of the molecule is CCCCOC(=O)N[C@H]1CCCC[C@H]1Nc1cc(N)c(C(=O)OC)c(Nc2cccc(S(C)(=O)=O)c2)n1. The van der Waals surface area contributed by atoms with Gasteiger partial charge in [0.2, 0.25) is 0 Å². The molecule has 1 saturated carbocycles. The van der Waals surface area contributed by atoms with E-state index in [-0.39, 0.29) is 34.0 Å². The second kappa shape index (κ2) is 12.6. The second-order valence-electron chi connectivity index (χ2n) is 9.01.